The average molecular weight is 249 g/mol. The molecule has 1 rings (SSSR count). The van der Waals surface area contributed by atoms with E-state index in [-0.39, 0.29) is 11.6 Å². The maximum absolute atomic E-state index is 11.5. The summed E-state index contributed by atoms with van der Waals surface area (Å²) in [6.45, 7) is 3.11. The molecule has 1 amide bonds. The second-order valence-electron chi connectivity index (χ2n) is 3.70. The van der Waals surface area contributed by atoms with Crippen molar-refractivity contribution in [1.29, 1.82) is 0 Å². The highest BCUT2D eigenvalue weighted by molar-refractivity contribution is 5.97. The number of pyridine rings is 1. The number of nitrogens with zero attached hydrogens (tertiary/aromatic N) is 1. The molecule has 1 aromatic heterocycles. The molecule has 0 saturated heterocycles. The van der Waals surface area contributed by atoms with Gasteiger partial charge in [0.25, 0.3) is 0 Å². The van der Waals surface area contributed by atoms with Crippen molar-refractivity contribution in [1.82, 2.24) is 10.3 Å². The predicted molar refractivity (Wildman–Crippen MR) is 67.2 cm³/mol. The van der Waals surface area contributed by atoms with Gasteiger partial charge in [0.05, 0.1) is 7.11 Å². The molecule has 0 aliphatic carbocycles. The van der Waals surface area contributed by atoms with E-state index < -0.39 is 5.97 Å². The number of rotatable bonds is 3. The maximum atomic E-state index is 11.5. The molecule has 0 saturated carbocycles. The number of anilines is 1. The van der Waals surface area contributed by atoms with E-state index in [0.717, 1.165) is 5.56 Å². The van der Waals surface area contributed by atoms with Crippen molar-refractivity contribution in [3.8, 4) is 0 Å². The van der Waals surface area contributed by atoms with Crippen molar-refractivity contribution >= 4 is 23.8 Å². The van der Waals surface area contributed by atoms with Gasteiger partial charge in [0, 0.05) is 13.1 Å². The van der Waals surface area contributed by atoms with Crippen LogP contribution in [0, 0.1) is 6.92 Å². The van der Waals surface area contributed by atoms with Crippen molar-refractivity contribution in [2.45, 2.75) is 13.8 Å². The van der Waals surface area contributed by atoms with Gasteiger partial charge in [-0.2, -0.15) is 0 Å². The lowest BCUT2D eigenvalue weighted by Gasteiger charge is -2.06. The molecule has 0 unspecified atom stereocenters. The molecule has 0 atom stereocenters. The topological polar surface area (TPSA) is 94.3 Å². The maximum Gasteiger partial charge on any atom is 0.354 e. The largest absolute Gasteiger partial charge is 0.464 e. The van der Waals surface area contributed by atoms with E-state index in [0.29, 0.717) is 11.4 Å². The number of amides is 1. The lowest BCUT2D eigenvalue weighted by Crippen LogP contribution is -2.25. The van der Waals surface area contributed by atoms with Crippen molar-refractivity contribution in [3.05, 3.63) is 29.1 Å². The first-order chi connectivity index (χ1) is 8.43. The molecule has 96 valence electrons. The SMILES string of the molecule is COC(=O)C(=Cc1cnc(N)c(C)c1)NC(C)=O. The first-order valence-corrected chi connectivity index (χ1v) is 5.23. The average Bonchev–Trinajstić information content (AvgIpc) is 2.31. The summed E-state index contributed by atoms with van der Waals surface area (Å²) in [5, 5.41) is 2.40. The fraction of sp³-hybridized carbons (Fsp3) is 0.250. The molecule has 3 N–H and O–H groups in total. The third kappa shape index (κ3) is 3.58. The Hall–Kier alpha value is -2.37. The zero-order chi connectivity index (χ0) is 13.7. The molecule has 1 heterocycles. The lowest BCUT2D eigenvalue weighted by atomic mass is 10.2. The zero-order valence-corrected chi connectivity index (χ0v) is 10.5. The van der Waals surface area contributed by atoms with Gasteiger partial charge < -0.3 is 15.8 Å². The third-order valence-corrected chi connectivity index (χ3v) is 2.17. The van der Waals surface area contributed by atoms with Crippen LogP contribution in [0.4, 0.5) is 5.82 Å². The number of ether oxygens (including phenoxy) is 1. The monoisotopic (exact) mass is 249 g/mol. The third-order valence-electron chi connectivity index (χ3n) is 2.17. The Kier molecular flexibility index (Phi) is 4.42. The van der Waals surface area contributed by atoms with Gasteiger partial charge in [-0.05, 0) is 30.2 Å². The van der Waals surface area contributed by atoms with E-state index in [1.165, 1.54) is 26.3 Å². The summed E-state index contributed by atoms with van der Waals surface area (Å²) in [7, 11) is 1.24. The van der Waals surface area contributed by atoms with Gasteiger partial charge in [0.1, 0.15) is 11.5 Å². The van der Waals surface area contributed by atoms with E-state index in [2.05, 4.69) is 15.0 Å². The molecule has 0 aromatic carbocycles. The van der Waals surface area contributed by atoms with Crippen molar-refractivity contribution < 1.29 is 14.3 Å². The number of nitrogens with two attached hydrogens (primary N) is 1. The molecule has 0 aliphatic heterocycles. The van der Waals surface area contributed by atoms with Gasteiger partial charge in [-0.1, -0.05) is 0 Å². The fourth-order valence-electron chi connectivity index (χ4n) is 1.30. The van der Waals surface area contributed by atoms with E-state index >= 15 is 0 Å². The first kappa shape index (κ1) is 13.7. The van der Waals surface area contributed by atoms with Crippen molar-refractivity contribution in [2.75, 3.05) is 12.8 Å². The molecule has 1 aromatic rings. The number of nitrogens with one attached hydrogen (secondary N) is 1. The van der Waals surface area contributed by atoms with E-state index in [1.807, 2.05) is 0 Å². The highest BCUT2D eigenvalue weighted by Gasteiger charge is 2.11. The molecule has 6 nitrogen and oxygen atoms in total. The number of aryl methyl sites for hydroxylation is 1. The van der Waals surface area contributed by atoms with Crippen LogP contribution in [0.1, 0.15) is 18.1 Å². The summed E-state index contributed by atoms with van der Waals surface area (Å²) in [5.41, 5.74) is 7.08. The Labute approximate surface area is 105 Å². The van der Waals surface area contributed by atoms with Crippen LogP contribution in [0.25, 0.3) is 6.08 Å². The summed E-state index contributed by atoms with van der Waals surface area (Å²) in [4.78, 5) is 26.4. The standard InChI is InChI=1S/C12H15N3O3/c1-7-4-9(6-14-11(7)13)5-10(12(17)18-3)15-8(2)16/h4-6H,1-3H3,(H2,13,14)(H,15,16). The van der Waals surface area contributed by atoms with Crippen LogP contribution in [-0.2, 0) is 14.3 Å². The normalized spacial score (nSPS) is 10.9. The van der Waals surface area contributed by atoms with Crippen LogP contribution in [0.5, 0.6) is 0 Å². The Morgan fingerprint density at radius 1 is 1.50 bits per heavy atom. The number of esters is 1. The minimum absolute atomic E-state index is 0.0518. The van der Waals surface area contributed by atoms with Crippen LogP contribution < -0.4 is 11.1 Å². The highest BCUT2D eigenvalue weighted by Crippen LogP contribution is 2.12. The minimum atomic E-state index is -0.625. The van der Waals surface area contributed by atoms with Gasteiger partial charge in [-0.3, -0.25) is 4.79 Å². The molecular formula is C12H15N3O3. The number of carbonyl (C=O) groups excluding carboxylic acids is 2. The second-order valence-corrected chi connectivity index (χ2v) is 3.70. The Morgan fingerprint density at radius 3 is 2.67 bits per heavy atom. The number of aromatic nitrogens is 1. The number of hydrogen-bond acceptors (Lipinski definition) is 5. The van der Waals surface area contributed by atoms with Crippen molar-refractivity contribution in [2.24, 2.45) is 0 Å². The molecule has 0 bridgehead atoms. The number of nitrogen functional groups attached to an aromatic ring is 1. The molecule has 0 aliphatic rings. The Bertz CT molecular complexity index is 509. The van der Waals surface area contributed by atoms with Gasteiger partial charge >= 0.3 is 5.97 Å². The Morgan fingerprint density at radius 2 is 2.17 bits per heavy atom. The van der Waals surface area contributed by atoms with Crippen LogP contribution in [0.2, 0.25) is 0 Å². The minimum Gasteiger partial charge on any atom is -0.464 e. The number of hydrogen-bond donors (Lipinski definition) is 2. The van der Waals surface area contributed by atoms with E-state index in [9.17, 15) is 9.59 Å². The van der Waals surface area contributed by atoms with Gasteiger partial charge in [0.15, 0.2) is 0 Å². The summed E-state index contributed by atoms with van der Waals surface area (Å²) < 4.78 is 4.57. The predicted octanol–water partition coefficient (Wildman–Crippen LogP) is 0.622. The highest BCUT2D eigenvalue weighted by atomic mass is 16.5. The lowest BCUT2D eigenvalue weighted by molar-refractivity contribution is -0.137. The number of methoxy groups -OCH3 is 1. The molecule has 6 heteroatoms. The molecule has 0 spiro atoms. The van der Waals surface area contributed by atoms with E-state index in [1.54, 1.807) is 13.0 Å². The molecule has 18 heavy (non-hydrogen) atoms. The first-order valence-electron chi connectivity index (χ1n) is 5.23. The van der Waals surface area contributed by atoms with Crippen LogP contribution in [-0.4, -0.2) is 24.0 Å². The van der Waals surface area contributed by atoms with Gasteiger partial charge in [0.2, 0.25) is 5.91 Å². The van der Waals surface area contributed by atoms with Gasteiger partial charge in [-0.15, -0.1) is 0 Å². The second kappa shape index (κ2) is 5.81. The molecular weight excluding hydrogens is 234 g/mol. The van der Waals surface area contributed by atoms with Gasteiger partial charge in [-0.25, -0.2) is 9.78 Å². The van der Waals surface area contributed by atoms with Crippen LogP contribution in [0.15, 0.2) is 18.0 Å². The number of carbonyl (C=O) groups is 2. The smallest absolute Gasteiger partial charge is 0.354 e. The van der Waals surface area contributed by atoms with Crippen LogP contribution >= 0.6 is 0 Å². The summed E-state index contributed by atoms with van der Waals surface area (Å²) in [5.74, 6) is -0.558. The fourth-order valence-corrected chi connectivity index (χ4v) is 1.30. The summed E-state index contributed by atoms with van der Waals surface area (Å²) in [6.07, 6.45) is 2.99. The summed E-state index contributed by atoms with van der Waals surface area (Å²) >= 11 is 0. The van der Waals surface area contributed by atoms with Crippen molar-refractivity contribution in [3.63, 3.8) is 0 Å². The Balaban J connectivity index is 3.10. The molecule has 0 radical (unpaired) electrons. The molecule has 0 fully saturated rings. The van der Waals surface area contributed by atoms with E-state index in [4.69, 9.17) is 5.73 Å². The summed E-state index contributed by atoms with van der Waals surface area (Å²) in [6, 6.07) is 1.76. The zero-order valence-electron chi connectivity index (χ0n) is 10.5. The van der Waals surface area contributed by atoms with Crippen LogP contribution in [0.3, 0.4) is 0 Å². The quantitative estimate of drug-likeness (QED) is 0.605.